The van der Waals surface area contributed by atoms with Gasteiger partial charge in [-0.05, 0) is 18.1 Å². The zero-order valence-corrected chi connectivity index (χ0v) is 7.13. The number of aryl methyl sites for hydroxylation is 1. The summed E-state index contributed by atoms with van der Waals surface area (Å²) in [5.74, 6) is 0. The predicted molar refractivity (Wildman–Crippen MR) is 44.7 cm³/mol. The van der Waals surface area contributed by atoms with Gasteiger partial charge in [-0.1, -0.05) is 36.2 Å². The van der Waals surface area contributed by atoms with Gasteiger partial charge in [-0.25, -0.2) is 0 Å². The van der Waals surface area contributed by atoms with Crippen molar-refractivity contribution in [3.05, 3.63) is 33.8 Å². The highest BCUT2D eigenvalue weighted by Gasteiger charge is 1.97. The molecule has 0 N–H and O–H groups in total. The lowest BCUT2D eigenvalue weighted by Crippen LogP contribution is -1.80. The second kappa shape index (κ2) is 3.27. The van der Waals surface area contributed by atoms with Gasteiger partial charge >= 0.3 is 0 Å². The highest BCUT2D eigenvalue weighted by atomic mass is 35.5. The van der Waals surface area contributed by atoms with Crippen molar-refractivity contribution in [2.24, 2.45) is 0 Å². The number of rotatable bonds is 1. The molecule has 1 rings (SSSR count). The first-order valence-corrected chi connectivity index (χ1v) is 3.86. The van der Waals surface area contributed by atoms with Gasteiger partial charge in [-0.2, -0.15) is 0 Å². The van der Waals surface area contributed by atoms with Crippen molar-refractivity contribution in [1.82, 2.24) is 0 Å². The SMILES string of the molecule is CCc1ccc(Cl)[c]c1Cl. The Balaban J connectivity index is 3.07. The van der Waals surface area contributed by atoms with Gasteiger partial charge < -0.3 is 0 Å². The fourth-order valence-corrected chi connectivity index (χ4v) is 1.25. The monoisotopic (exact) mass is 173 g/mol. The molecule has 1 aromatic carbocycles. The first-order valence-electron chi connectivity index (χ1n) is 3.10. The third-order valence-electron chi connectivity index (χ3n) is 1.32. The van der Waals surface area contributed by atoms with Crippen LogP contribution in [0.3, 0.4) is 0 Å². The minimum atomic E-state index is 0.571. The van der Waals surface area contributed by atoms with Crippen molar-refractivity contribution < 1.29 is 0 Å². The molecule has 0 fully saturated rings. The van der Waals surface area contributed by atoms with Crippen molar-refractivity contribution in [2.75, 3.05) is 0 Å². The molecular formula is C8H7Cl2. The second-order valence-corrected chi connectivity index (χ2v) is 2.78. The smallest absolute Gasteiger partial charge is 0.0532 e. The molecular weight excluding hydrogens is 167 g/mol. The van der Waals surface area contributed by atoms with Crippen LogP contribution in [-0.4, -0.2) is 0 Å². The topological polar surface area (TPSA) is 0 Å². The van der Waals surface area contributed by atoms with Crippen LogP contribution in [0, 0.1) is 6.07 Å². The van der Waals surface area contributed by atoms with E-state index in [0.29, 0.717) is 10.0 Å². The molecule has 0 aliphatic carbocycles. The molecule has 0 saturated carbocycles. The summed E-state index contributed by atoms with van der Waals surface area (Å²) >= 11 is 11.4. The standard InChI is InChI=1S/C8H7Cl2/c1-2-6-3-4-7(9)5-8(6)10/h3-4H,2H2,1H3. The molecule has 0 amide bonds. The summed E-state index contributed by atoms with van der Waals surface area (Å²) in [6.07, 6.45) is 0.923. The van der Waals surface area contributed by atoms with Gasteiger partial charge in [0.1, 0.15) is 0 Å². The lowest BCUT2D eigenvalue weighted by Gasteiger charge is -1.98. The Labute approximate surface area is 70.8 Å². The Kier molecular flexibility index (Phi) is 2.58. The molecule has 0 heterocycles. The van der Waals surface area contributed by atoms with Crippen LogP contribution >= 0.6 is 23.2 Å². The van der Waals surface area contributed by atoms with E-state index in [-0.39, 0.29) is 0 Å². The number of benzene rings is 1. The minimum Gasteiger partial charge on any atom is -0.0836 e. The van der Waals surface area contributed by atoms with Crippen molar-refractivity contribution in [3.8, 4) is 0 Å². The summed E-state index contributed by atoms with van der Waals surface area (Å²) in [6, 6.07) is 6.54. The summed E-state index contributed by atoms with van der Waals surface area (Å²) < 4.78 is 0. The van der Waals surface area contributed by atoms with Crippen LogP contribution in [0.1, 0.15) is 12.5 Å². The molecule has 1 radical (unpaired) electrons. The van der Waals surface area contributed by atoms with Crippen LogP contribution < -0.4 is 0 Å². The van der Waals surface area contributed by atoms with Crippen molar-refractivity contribution >= 4 is 23.2 Å². The molecule has 2 heteroatoms. The first-order chi connectivity index (χ1) is 4.74. The quantitative estimate of drug-likeness (QED) is 0.612. The third-order valence-corrected chi connectivity index (χ3v) is 1.88. The summed E-state index contributed by atoms with van der Waals surface area (Å²) in [5, 5.41) is 1.21. The van der Waals surface area contributed by atoms with E-state index < -0.39 is 0 Å². The third kappa shape index (κ3) is 1.65. The summed E-state index contributed by atoms with van der Waals surface area (Å²) in [5.41, 5.74) is 1.09. The van der Waals surface area contributed by atoms with Crippen LogP contribution in [0.25, 0.3) is 0 Å². The number of hydrogen-bond donors (Lipinski definition) is 0. The molecule has 53 valence electrons. The van der Waals surface area contributed by atoms with Crippen LogP contribution in [0.2, 0.25) is 10.0 Å². The van der Waals surface area contributed by atoms with E-state index in [1.807, 2.05) is 13.0 Å². The molecule has 1 aromatic rings. The Morgan fingerprint density at radius 3 is 2.60 bits per heavy atom. The summed E-state index contributed by atoms with van der Waals surface area (Å²) in [7, 11) is 0. The molecule has 10 heavy (non-hydrogen) atoms. The molecule has 0 aromatic heterocycles. The van der Waals surface area contributed by atoms with Crippen molar-refractivity contribution in [2.45, 2.75) is 13.3 Å². The average molecular weight is 174 g/mol. The Morgan fingerprint density at radius 2 is 2.10 bits per heavy atom. The van der Waals surface area contributed by atoms with Gasteiger partial charge in [-0.15, -0.1) is 0 Å². The first kappa shape index (κ1) is 7.90. The molecule has 0 saturated heterocycles. The van der Waals surface area contributed by atoms with Crippen LogP contribution in [0.15, 0.2) is 12.1 Å². The van der Waals surface area contributed by atoms with Gasteiger partial charge in [0, 0.05) is 6.07 Å². The molecule has 0 nitrogen and oxygen atoms in total. The van der Waals surface area contributed by atoms with E-state index in [2.05, 4.69) is 6.07 Å². The molecule has 0 aliphatic rings. The van der Waals surface area contributed by atoms with Crippen molar-refractivity contribution in [1.29, 1.82) is 0 Å². The van der Waals surface area contributed by atoms with Gasteiger partial charge in [0.05, 0.1) is 10.0 Å². The molecule has 0 unspecified atom stereocenters. The van der Waals surface area contributed by atoms with E-state index in [1.165, 1.54) is 0 Å². The molecule has 0 atom stereocenters. The fourth-order valence-electron chi connectivity index (χ4n) is 0.747. The normalized spacial score (nSPS) is 9.90. The average Bonchev–Trinajstić information content (AvgIpc) is 1.88. The summed E-state index contributed by atoms with van der Waals surface area (Å²) in [4.78, 5) is 0. The van der Waals surface area contributed by atoms with Crippen LogP contribution in [-0.2, 0) is 6.42 Å². The number of halogens is 2. The van der Waals surface area contributed by atoms with Gasteiger partial charge in [0.25, 0.3) is 0 Å². The maximum Gasteiger partial charge on any atom is 0.0532 e. The largest absolute Gasteiger partial charge is 0.0836 e. The predicted octanol–water partition coefficient (Wildman–Crippen LogP) is 3.36. The molecule has 0 bridgehead atoms. The zero-order chi connectivity index (χ0) is 7.56. The molecule has 0 spiro atoms. The summed E-state index contributed by atoms with van der Waals surface area (Å²) in [6.45, 7) is 2.04. The van der Waals surface area contributed by atoms with E-state index in [4.69, 9.17) is 23.2 Å². The van der Waals surface area contributed by atoms with Crippen molar-refractivity contribution in [3.63, 3.8) is 0 Å². The molecule has 0 aliphatic heterocycles. The fraction of sp³-hybridized carbons (Fsp3) is 0.250. The zero-order valence-electron chi connectivity index (χ0n) is 5.62. The van der Waals surface area contributed by atoms with E-state index >= 15 is 0 Å². The Bertz CT molecular complexity index is 231. The van der Waals surface area contributed by atoms with E-state index in [0.717, 1.165) is 12.0 Å². The maximum absolute atomic E-state index is 5.79. The van der Waals surface area contributed by atoms with Gasteiger partial charge in [0.15, 0.2) is 0 Å². The van der Waals surface area contributed by atoms with Gasteiger partial charge in [-0.3, -0.25) is 0 Å². The van der Waals surface area contributed by atoms with E-state index in [1.54, 1.807) is 6.07 Å². The maximum atomic E-state index is 5.79. The highest BCUT2D eigenvalue weighted by molar-refractivity contribution is 6.34. The lowest BCUT2D eigenvalue weighted by molar-refractivity contribution is 1.14. The highest BCUT2D eigenvalue weighted by Crippen LogP contribution is 2.19. The van der Waals surface area contributed by atoms with Gasteiger partial charge in [0.2, 0.25) is 0 Å². The Hall–Kier alpha value is -0.200. The minimum absolute atomic E-state index is 0.571. The van der Waals surface area contributed by atoms with E-state index in [9.17, 15) is 0 Å². The lowest BCUT2D eigenvalue weighted by atomic mass is 10.2. The number of hydrogen-bond acceptors (Lipinski definition) is 0. The second-order valence-electron chi connectivity index (χ2n) is 2.00. The van der Waals surface area contributed by atoms with Crippen LogP contribution in [0.5, 0.6) is 0 Å². The van der Waals surface area contributed by atoms with Crippen LogP contribution in [0.4, 0.5) is 0 Å². The Morgan fingerprint density at radius 1 is 1.40 bits per heavy atom.